The van der Waals surface area contributed by atoms with Crippen molar-refractivity contribution in [2.75, 3.05) is 4.90 Å². The third kappa shape index (κ3) is 3.09. The van der Waals surface area contributed by atoms with E-state index in [0.717, 1.165) is 9.80 Å². The number of urea groups is 1. The van der Waals surface area contributed by atoms with E-state index in [4.69, 9.17) is 0 Å². The van der Waals surface area contributed by atoms with Crippen LogP contribution in [0.1, 0.15) is 11.1 Å². The van der Waals surface area contributed by atoms with Crippen LogP contribution in [0, 0.1) is 0 Å². The highest BCUT2D eigenvalue weighted by Crippen LogP contribution is 2.34. The summed E-state index contributed by atoms with van der Waals surface area (Å²) in [5, 5.41) is 11.3. The summed E-state index contributed by atoms with van der Waals surface area (Å²) < 4.78 is 0. The van der Waals surface area contributed by atoms with Crippen LogP contribution < -0.4 is 4.90 Å². The number of rotatable bonds is 4. The third-order valence-electron chi connectivity index (χ3n) is 4.88. The SMILES string of the molecule is O=C1N(Cc2ccccc2)C(=O)C(O)(c2ccccc2)C(=O)N1c1ccccc1. The highest BCUT2D eigenvalue weighted by atomic mass is 16.3. The van der Waals surface area contributed by atoms with E-state index in [1.54, 1.807) is 72.8 Å². The van der Waals surface area contributed by atoms with E-state index in [0.29, 0.717) is 5.56 Å². The first kappa shape index (κ1) is 18.6. The molecule has 0 saturated carbocycles. The second kappa shape index (κ2) is 7.33. The molecule has 1 heterocycles. The number of para-hydroxylation sites is 1. The van der Waals surface area contributed by atoms with E-state index >= 15 is 0 Å². The molecule has 4 rings (SSSR count). The van der Waals surface area contributed by atoms with Crippen LogP contribution in [0.2, 0.25) is 0 Å². The van der Waals surface area contributed by atoms with Gasteiger partial charge in [0.25, 0.3) is 11.8 Å². The van der Waals surface area contributed by atoms with Crippen molar-refractivity contribution in [1.82, 2.24) is 4.90 Å². The molecule has 1 unspecified atom stereocenters. The maximum atomic E-state index is 13.3. The predicted octanol–water partition coefficient (Wildman–Crippen LogP) is 3.07. The van der Waals surface area contributed by atoms with Crippen LogP contribution in [-0.4, -0.2) is 27.9 Å². The first-order valence-electron chi connectivity index (χ1n) is 9.11. The molecule has 0 bridgehead atoms. The fourth-order valence-corrected chi connectivity index (χ4v) is 3.38. The molecule has 0 aromatic heterocycles. The molecule has 1 atom stereocenters. The van der Waals surface area contributed by atoms with Gasteiger partial charge in [-0.1, -0.05) is 78.9 Å². The molecule has 3 aromatic carbocycles. The molecule has 4 amide bonds. The van der Waals surface area contributed by atoms with Crippen LogP contribution in [0.4, 0.5) is 10.5 Å². The topological polar surface area (TPSA) is 77.9 Å². The molecule has 1 N–H and O–H groups in total. The summed E-state index contributed by atoms with van der Waals surface area (Å²) in [7, 11) is 0. The number of carbonyl (C=O) groups is 3. The number of aliphatic hydroxyl groups is 1. The fraction of sp³-hybridized carbons (Fsp3) is 0.0870. The summed E-state index contributed by atoms with van der Waals surface area (Å²) in [5.41, 5.74) is -1.41. The Hall–Kier alpha value is -3.77. The van der Waals surface area contributed by atoms with Crippen molar-refractivity contribution in [3.63, 3.8) is 0 Å². The molecular weight excluding hydrogens is 368 g/mol. The minimum atomic E-state index is -2.50. The Bertz CT molecular complexity index is 1050. The van der Waals surface area contributed by atoms with E-state index in [1.807, 2.05) is 6.07 Å². The maximum absolute atomic E-state index is 13.3. The third-order valence-corrected chi connectivity index (χ3v) is 4.88. The van der Waals surface area contributed by atoms with Gasteiger partial charge in [0, 0.05) is 5.56 Å². The summed E-state index contributed by atoms with van der Waals surface area (Å²) in [6, 6.07) is 24.4. The molecule has 0 aliphatic carbocycles. The molecule has 0 radical (unpaired) electrons. The van der Waals surface area contributed by atoms with Gasteiger partial charge in [-0.3, -0.25) is 14.5 Å². The molecule has 3 aromatic rings. The van der Waals surface area contributed by atoms with Gasteiger partial charge in [-0.05, 0) is 17.7 Å². The zero-order valence-electron chi connectivity index (χ0n) is 15.4. The molecule has 144 valence electrons. The molecule has 29 heavy (non-hydrogen) atoms. The van der Waals surface area contributed by atoms with Crippen LogP contribution in [0.15, 0.2) is 91.0 Å². The van der Waals surface area contributed by atoms with Gasteiger partial charge in [-0.2, -0.15) is 0 Å². The lowest BCUT2D eigenvalue weighted by atomic mass is 9.88. The monoisotopic (exact) mass is 386 g/mol. The van der Waals surface area contributed by atoms with Crippen molar-refractivity contribution in [3.05, 3.63) is 102 Å². The first-order valence-corrected chi connectivity index (χ1v) is 9.11. The average Bonchev–Trinajstić information content (AvgIpc) is 2.77. The second-order valence-electron chi connectivity index (χ2n) is 6.71. The molecule has 0 spiro atoms. The minimum absolute atomic E-state index is 0.0652. The highest BCUT2D eigenvalue weighted by molar-refractivity contribution is 6.31. The van der Waals surface area contributed by atoms with Crippen molar-refractivity contribution < 1.29 is 19.5 Å². The van der Waals surface area contributed by atoms with Crippen LogP contribution in [0.3, 0.4) is 0 Å². The largest absolute Gasteiger partial charge is 0.368 e. The summed E-state index contributed by atoms with van der Waals surface area (Å²) >= 11 is 0. The Morgan fingerprint density at radius 1 is 0.690 bits per heavy atom. The Morgan fingerprint density at radius 3 is 1.79 bits per heavy atom. The Kier molecular flexibility index (Phi) is 4.70. The lowest BCUT2D eigenvalue weighted by Crippen LogP contribution is -2.67. The van der Waals surface area contributed by atoms with E-state index in [-0.39, 0.29) is 17.8 Å². The van der Waals surface area contributed by atoms with Crippen LogP contribution in [0.5, 0.6) is 0 Å². The predicted molar refractivity (Wildman–Crippen MR) is 107 cm³/mol. The van der Waals surface area contributed by atoms with Crippen LogP contribution in [0.25, 0.3) is 0 Å². The molecule has 6 nitrogen and oxygen atoms in total. The first-order chi connectivity index (χ1) is 14.0. The normalized spacial score (nSPS) is 19.6. The zero-order valence-corrected chi connectivity index (χ0v) is 15.4. The number of carbonyl (C=O) groups excluding carboxylic acids is 3. The minimum Gasteiger partial charge on any atom is -0.368 e. The number of anilines is 1. The standard InChI is InChI=1S/C23H18N2O4/c26-20-23(29,18-12-6-2-7-13-18)21(27)25(19-14-8-3-9-15-19)22(28)24(20)16-17-10-4-1-5-11-17/h1-15,29H,16H2. The Morgan fingerprint density at radius 2 is 1.21 bits per heavy atom. The van der Waals surface area contributed by atoms with Gasteiger partial charge in [-0.25, -0.2) is 9.69 Å². The van der Waals surface area contributed by atoms with Gasteiger partial charge < -0.3 is 5.11 Å². The summed E-state index contributed by atoms with van der Waals surface area (Å²) in [6.45, 7) is -0.0652. The lowest BCUT2D eigenvalue weighted by molar-refractivity contribution is -0.161. The van der Waals surface area contributed by atoms with Crippen molar-refractivity contribution in [2.45, 2.75) is 12.1 Å². The molecule has 1 saturated heterocycles. The number of benzene rings is 3. The van der Waals surface area contributed by atoms with Crippen molar-refractivity contribution >= 4 is 23.5 Å². The lowest BCUT2D eigenvalue weighted by Gasteiger charge is -2.41. The number of amides is 4. The quantitative estimate of drug-likeness (QED) is 0.699. The van der Waals surface area contributed by atoms with E-state index < -0.39 is 23.4 Å². The van der Waals surface area contributed by atoms with E-state index in [1.165, 1.54) is 12.1 Å². The maximum Gasteiger partial charge on any atom is 0.338 e. The van der Waals surface area contributed by atoms with E-state index in [2.05, 4.69) is 0 Å². The second-order valence-corrected chi connectivity index (χ2v) is 6.71. The number of nitrogens with zero attached hydrogens (tertiary/aromatic N) is 2. The van der Waals surface area contributed by atoms with Crippen molar-refractivity contribution in [1.29, 1.82) is 0 Å². The number of barbiturate groups is 1. The molecule has 1 fully saturated rings. The van der Waals surface area contributed by atoms with Gasteiger partial charge in [0.2, 0.25) is 5.60 Å². The highest BCUT2D eigenvalue weighted by Gasteiger charge is 2.58. The molecule has 6 heteroatoms. The van der Waals surface area contributed by atoms with Gasteiger partial charge in [0.05, 0.1) is 12.2 Å². The zero-order chi connectivity index (χ0) is 20.4. The van der Waals surface area contributed by atoms with Crippen molar-refractivity contribution in [3.8, 4) is 0 Å². The van der Waals surface area contributed by atoms with Crippen LogP contribution >= 0.6 is 0 Å². The fourth-order valence-electron chi connectivity index (χ4n) is 3.38. The van der Waals surface area contributed by atoms with Gasteiger partial charge in [0.15, 0.2) is 0 Å². The average molecular weight is 386 g/mol. The summed E-state index contributed by atoms with van der Waals surface area (Å²) in [5.74, 6) is -1.95. The molecular formula is C23H18N2O4. The number of hydrogen-bond acceptors (Lipinski definition) is 4. The van der Waals surface area contributed by atoms with Gasteiger partial charge in [0.1, 0.15) is 0 Å². The molecule has 1 aliphatic heterocycles. The van der Waals surface area contributed by atoms with Gasteiger partial charge in [-0.15, -0.1) is 0 Å². The number of imide groups is 2. The van der Waals surface area contributed by atoms with Crippen molar-refractivity contribution in [2.24, 2.45) is 0 Å². The number of hydrogen-bond donors (Lipinski definition) is 1. The van der Waals surface area contributed by atoms with Gasteiger partial charge >= 0.3 is 6.03 Å². The smallest absolute Gasteiger partial charge is 0.338 e. The Balaban J connectivity index is 1.85. The Labute approximate surface area is 167 Å². The molecule has 1 aliphatic rings. The van der Waals surface area contributed by atoms with Crippen LogP contribution in [-0.2, 0) is 21.7 Å². The summed E-state index contributed by atoms with van der Waals surface area (Å²) in [6.07, 6.45) is 0. The summed E-state index contributed by atoms with van der Waals surface area (Å²) in [4.78, 5) is 41.5. The van der Waals surface area contributed by atoms with E-state index in [9.17, 15) is 19.5 Å².